The van der Waals surface area contributed by atoms with Crippen molar-refractivity contribution < 1.29 is 18.8 Å². The van der Waals surface area contributed by atoms with Gasteiger partial charge < -0.3 is 14.0 Å². The first-order valence-electron chi connectivity index (χ1n) is 10.3. The first kappa shape index (κ1) is 24.1. The molecule has 0 aliphatic rings. The van der Waals surface area contributed by atoms with E-state index in [0.717, 1.165) is 22.3 Å². The number of hydrogen-bond acceptors (Lipinski definition) is 5. The summed E-state index contributed by atoms with van der Waals surface area (Å²) in [4.78, 5) is 12.9. The van der Waals surface area contributed by atoms with Gasteiger partial charge in [-0.2, -0.15) is 0 Å². The van der Waals surface area contributed by atoms with Gasteiger partial charge >= 0.3 is 5.97 Å². The summed E-state index contributed by atoms with van der Waals surface area (Å²) in [5.41, 5.74) is 3.57. The summed E-state index contributed by atoms with van der Waals surface area (Å²) < 4.78 is 26.8. The van der Waals surface area contributed by atoms with Crippen LogP contribution in [0.25, 0.3) is 11.1 Å². The number of carbonyl (C=O) groups is 1. The van der Waals surface area contributed by atoms with E-state index in [1.807, 2.05) is 67.6 Å². The van der Waals surface area contributed by atoms with Gasteiger partial charge in [-0.25, -0.2) is 0 Å². The van der Waals surface area contributed by atoms with Gasteiger partial charge in [0.05, 0.1) is 37.5 Å². The van der Waals surface area contributed by atoms with Crippen molar-refractivity contribution in [3.05, 3.63) is 82.9 Å². The number of hydrogen-bond donors (Lipinski definition) is 1. The fraction of sp³-hybridized carbons (Fsp3) is 0.240. The Morgan fingerprint density at radius 3 is 2.53 bits per heavy atom. The second-order valence-electron chi connectivity index (χ2n) is 7.23. The highest BCUT2D eigenvalue weighted by Gasteiger charge is 2.25. The van der Waals surface area contributed by atoms with Crippen LogP contribution in [-0.2, 0) is 20.9 Å². The van der Waals surface area contributed by atoms with E-state index < -0.39 is 17.4 Å². The molecule has 3 rings (SSSR count). The molecule has 5 nitrogen and oxygen atoms in total. The third kappa shape index (κ3) is 6.26. The van der Waals surface area contributed by atoms with Crippen LogP contribution in [0.3, 0.4) is 0 Å². The van der Waals surface area contributed by atoms with Gasteiger partial charge in [-0.1, -0.05) is 47.5 Å². The number of benzene rings is 3. The van der Waals surface area contributed by atoms with Gasteiger partial charge in [0.1, 0.15) is 5.75 Å². The molecule has 0 saturated carbocycles. The Labute approximate surface area is 197 Å². The highest BCUT2D eigenvalue weighted by molar-refractivity contribution is 7.89. The van der Waals surface area contributed by atoms with Crippen molar-refractivity contribution in [1.82, 2.24) is 4.72 Å². The Balaban J connectivity index is 1.97. The highest BCUT2D eigenvalue weighted by Crippen LogP contribution is 2.35. The summed E-state index contributed by atoms with van der Waals surface area (Å²) in [6.45, 7) is 4.01. The van der Waals surface area contributed by atoms with Crippen LogP contribution in [0.15, 0.2) is 71.6 Å². The van der Waals surface area contributed by atoms with Crippen LogP contribution in [0.4, 0.5) is 0 Å². The number of rotatable bonds is 9. The third-order valence-corrected chi connectivity index (χ3v) is 6.36. The second kappa shape index (κ2) is 11.4. The van der Waals surface area contributed by atoms with Gasteiger partial charge in [0.2, 0.25) is 0 Å². The molecule has 0 aliphatic carbocycles. The molecule has 7 heteroatoms. The lowest BCUT2D eigenvalue weighted by atomic mass is 9.97. The number of nitrogens with one attached hydrogen (secondary N) is 1. The molecule has 1 unspecified atom stereocenters. The smallest absolute Gasteiger partial charge is 0.307 e. The predicted octanol–water partition coefficient (Wildman–Crippen LogP) is 5.63. The molecular weight excluding hydrogens is 446 g/mol. The number of ether oxygens (including phenoxy) is 2. The molecule has 3 aromatic rings. The average molecular weight is 472 g/mol. The number of carbonyl (C=O) groups excluding carboxylic acids is 1. The summed E-state index contributed by atoms with van der Waals surface area (Å²) in [6.07, 6.45) is 0.0345. The van der Waals surface area contributed by atoms with Crippen molar-refractivity contribution in [2.45, 2.75) is 31.2 Å². The van der Waals surface area contributed by atoms with E-state index in [0.29, 0.717) is 15.7 Å². The van der Waals surface area contributed by atoms with Crippen molar-refractivity contribution in [2.24, 2.45) is 0 Å². The van der Waals surface area contributed by atoms with E-state index in [4.69, 9.17) is 21.1 Å². The number of esters is 1. The Hall–Kier alpha value is -2.51. The Morgan fingerprint density at radius 2 is 1.88 bits per heavy atom. The van der Waals surface area contributed by atoms with E-state index in [-0.39, 0.29) is 19.0 Å². The SMILES string of the molecule is CCOC(=O)C[C@H](N[S+]([O-])c1ccc(C)cc1)c1ccc(OC)c(-c2cccc(Cl)c2)c1. The summed E-state index contributed by atoms with van der Waals surface area (Å²) in [5.74, 6) is 0.302. The summed E-state index contributed by atoms with van der Waals surface area (Å²) in [7, 11) is 1.60. The summed E-state index contributed by atoms with van der Waals surface area (Å²) in [5, 5.41) is 0.608. The van der Waals surface area contributed by atoms with Gasteiger partial charge in [-0.15, -0.1) is 4.72 Å². The van der Waals surface area contributed by atoms with Crippen molar-refractivity contribution in [3.63, 3.8) is 0 Å². The number of methoxy groups -OCH3 is 1. The van der Waals surface area contributed by atoms with E-state index in [1.165, 1.54) is 0 Å². The van der Waals surface area contributed by atoms with Gasteiger partial charge in [0.15, 0.2) is 4.90 Å². The van der Waals surface area contributed by atoms with Crippen LogP contribution < -0.4 is 9.46 Å². The number of aryl methyl sites for hydroxylation is 1. The van der Waals surface area contributed by atoms with Gasteiger partial charge in [-0.3, -0.25) is 4.79 Å². The Bertz CT molecular complexity index is 1060. The molecule has 1 N–H and O–H groups in total. The fourth-order valence-corrected chi connectivity index (χ4v) is 4.48. The van der Waals surface area contributed by atoms with Crippen LogP contribution in [0.2, 0.25) is 5.02 Å². The monoisotopic (exact) mass is 471 g/mol. The molecule has 32 heavy (non-hydrogen) atoms. The largest absolute Gasteiger partial charge is 0.593 e. The third-order valence-electron chi connectivity index (χ3n) is 4.92. The fourth-order valence-electron chi connectivity index (χ4n) is 3.30. The quantitative estimate of drug-likeness (QED) is 0.323. The zero-order valence-corrected chi connectivity index (χ0v) is 19.8. The van der Waals surface area contributed by atoms with Gasteiger partial charge in [0.25, 0.3) is 0 Å². The van der Waals surface area contributed by atoms with Crippen LogP contribution in [0.5, 0.6) is 5.75 Å². The minimum absolute atomic E-state index is 0.0345. The van der Waals surface area contributed by atoms with Crippen molar-refractivity contribution >= 4 is 28.9 Å². The zero-order valence-electron chi connectivity index (χ0n) is 18.3. The summed E-state index contributed by atoms with van der Waals surface area (Å²) >= 11 is 4.67. The molecule has 3 aromatic carbocycles. The van der Waals surface area contributed by atoms with Crippen molar-refractivity contribution in [2.75, 3.05) is 13.7 Å². The second-order valence-corrected chi connectivity index (χ2v) is 8.91. The molecule has 0 heterocycles. The molecule has 168 valence electrons. The molecular formula is C25H26ClNO4S. The van der Waals surface area contributed by atoms with Crippen LogP contribution in [0, 0.1) is 6.92 Å². The lowest BCUT2D eigenvalue weighted by Gasteiger charge is -2.21. The van der Waals surface area contributed by atoms with E-state index >= 15 is 0 Å². The molecule has 2 atom stereocenters. The standard InChI is InChI=1S/C25H26ClNO4S/c1-4-31-25(28)16-23(27-32(29)21-11-8-17(2)9-12-21)19-10-13-24(30-3)22(15-19)18-6-5-7-20(26)14-18/h5-15,23,27H,4,16H2,1-3H3/t23-,32?/m0/s1. The van der Waals surface area contributed by atoms with Gasteiger partial charge in [0, 0.05) is 10.6 Å². The van der Waals surface area contributed by atoms with Crippen LogP contribution >= 0.6 is 11.6 Å². The lowest BCUT2D eigenvalue weighted by Crippen LogP contribution is -2.30. The lowest BCUT2D eigenvalue weighted by molar-refractivity contribution is -0.143. The maximum atomic E-state index is 13.0. The van der Waals surface area contributed by atoms with Crippen LogP contribution in [-0.4, -0.2) is 24.2 Å². The van der Waals surface area contributed by atoms with Crippen molar-refractivity contribution in [1.29, 1.82) is 0 Å². The minimum atomic E-state index is -1.51. The molecule has 0 saturated heterocycles. The first-order valence-corrected chi connectivity index (χ1v) is 11.8. The zero-order chi connectivity index (χ0) is 23.1. The summed E-state index contributed by atoms with van der Waals surface area (Å²) in [6, 6.07) is 20.0. The predicted molar refractivity (Wildman–Crippen MR) is 128 cm³/mol. The number of halogens is 1. The van der Waals surface area contributed by atoms with E-state index in [1.54, 1.807) is 20.1 Å². The van der Waals surface area contributed by atoms with Crippen LogP contribution in [0.1, 0.15) is 30.5 Å². The normalized spacial score (nSPS) is 12.8. The molecule has 0 amide bonds. The topological polar surface area (TPSA) is 70.6 Å². The molecule has 0 bridgehead atoms. The Morgan fingerprint density at radius 1 is 1.12 bits per heavy atom. The van der Waals surface area contributed by atoms with Gasteiger partial charge in [-0.05, 0) is 61.4 Å². The first-order chi connectivity index (χ1) is 15.4. The minimum Gasteiger partial charge on any atom is -0.593 e. The highest BCUT2D eigenvalue weighted by atomic mass is 35.5. The molecule has 0 aliphatic heterocycles. The molecule has 0 spiro atoms. The maximum absolute atomic E-state index is 13.0. The maximum Gasteiger partial charge on any atom is 0.307 e. The van der Waals surface area contributed by atoms with Crippen molar-refractivity contribution in [3.8, 4) is 16.9 Å². The molecule has 0 radical (unpaired) electrons. The molecule has 0 aromatic heterocycles. The van der Waals surface area contributed by atoms with E-state index in [9.17, 15) is 9.35 Å². The van der Waals surface area contributed by atoms with E-state index in [2.05, 4.69) is 4.72 Å². The molecule has 0 fully saturated rings. The average Bonchev–Trinajstić information content (AvgIpc) is 2.78. The Kier molecular flexibility index (Phi) is 8.59.